The van der Waals surface area contributed by atoms with Gasteiger partial charge in [-0.2, -0.15) is 13.2 Å². The molecule has 3 heterocycles. The number of rotatable bonds is 5. The first-order valence-corrected chi connectivity index (χ1v) is 15.6. The fourth-order valence-corrected chi connectivity index (χ4v) is 6.58. The van der Waals surface area contributed by atoms with E-state index in [9.17, 15) is 13.2 Å². The standard InChI is InChI=1S/C39H30F3N3O2/c1-21(2)25-13-10-14-26(22(3)4)35(25)45-30-16-9-8-15-29(30)43-37(45)28-20-32-34(44-38(47-32)23-11-6-5-7-12-23)33-27-18-17-24(39(40,41)42)19-31(27)46-36(28)33/h5-22H,1-4H3. The van der Waals surface area contributed by atoms with E-state index >= 15 is 0 Å². The van der Waals surface area contributed by atoms with E-state index in [4.69, 9.17) is 18.8 Å². The van der Waals surface area contributed by atoms with Gasteiger partial charge in [-0.15, -0.1) is 0 Å². The summed E-state index contributed by atoms with van der Waals surface area (Å²) in [7, 11) is 0. The molecule has 47 heavy (non-hydrogen) atoms. The first-order chi connectivity index (χ1) is 22.6. The molecule has 8 heteroatoms. The van der Waals surface area contributed by atoms with Gasteiger partial charge in [-0.3, -0.25) is 4.57 Å². The average molecular weight is 630 g/mol. The van der Waals surface area contributed by atoms with Crippen LogP contribution < -0.4 is 0 Å². The Labute approximate surface area is 268 Å². The zero-order chi connectivity index (χ0) is 32.6. The smallest absolute Gasteiger partial charge is 0.416 e. The number of furan rings is 1. The summed E-state index contributed by atoms with van der Waals surface area (Å²) in [5, 5.41) is 1.09. The van der Waals surface area contributed by atoms with E-state index in [0.717, 1.165) is 45.5 Å². The lowest BCUT2D eigenvalue weighted by atomic mass is 9.92. The Morgan fingerprint density at radius 1 is 0.702 bits per heavy atom. The van der Waals surface area contributed by atoms with E-state index in [0.29, 0.717) is 44.7 Å². The maximum atomic E-state index is 13.8. The Hall–Kier alpha value is -5.37. The maximum absolute atomic E-state index is 13.8. The number of hydrogen-bond donors (Lipinski definition) is 0. The van der Waals surface area contributed by atoms with Gasteiger partial charge in [0.1, 0.15) is 22.5 Å². The van der Waals surface area contributed by atoms with Crippen molar-refractivity contribution in [3.05, 3.63) is 114 Å². The van der Waals surface area contributed by atoms with Crippen molar-refractivity contribution in [1.29, 1.82) is 0 Å². The summed E-state index contributed by atoms with van der Waals surface area (Å²) in [6.07, 6.45) is -4.53. The minimum Gasteiger partial charge on any atom is -0.455 e. The molecular formula is C39H30F3N3O2. The number of hydrogen-bond acceptors (Lipinski definition) is 4. The lowest BCUT2D eigenvalue weighted by Crippen LogP contribution is -2.08. The van der Waals surface area contributed by atoms with Crippen LogP contribution in [0.5, 0.6) is 0 Å². The Bertz CT molecular complexity index is 2440. The average Bonchev–Trinajstić information content (AvgIpc) is 3.76. The summed E-state index contributed by atoms with van der Waals surface area (Å²) < 4.78 is 56.5. The Kier molecular flexibility index (Phi) is 6.55. The highest BCUT2D eigenvalue weighted by atomic mass is 19.4. The first kappa shape index (κ1) is 29.1. The molecule has 0 saturated carbocycles. The van der Waals surface area contributed by atoms with Gasteiger partial charge < -0.3 is 8.83 Å². The summed E-state index contributed by atoms with van der Waals surface area (Å²) >= 11 is 0. The van der Waals surface area contributed by atoms with Crippen LogP contribution in [0.1, 0.15) is 56.2 Å². The first-order valence-electron chi connectivity index (χ1n) is 15.6. The van der Waals surface area contributed by atoms with E-state index in [1.807, 2.05) is 60.7 Å². The number of para-hydroxylation sites is 3. The van der Waals surface area contributed by atoms with Crippen molar-refractivity contribution in [3.8, 4) is 28.5 Å². The molecule has 0 radical (unpaired) electrons. The largest absolute Gasteiger partial charge is 0.455 e. The number of oxazole rings is 1. The molecule has 3 aromatic heterocycles. The second-order valence-electron chi connectivity index (χ2n) is 12.5. The number of imidazole rings is 1. The van der Waals surface area contributed by atoms with Crippen molar-refractivity contribution in [1.82, 2.24) is 14.5 Å². The van der Waals surface area contributed by atoms with Crippen molar-refractivity contribution in [2.75, 3.05) is 0 Å². The van der Waals surface area contributed by atoms with Gasteiger partial charge in [0.2, 0.25) is 5.89 Å². The highest BCUT2D eigenvalue weighted by Gasteiger charge is 2.32. The van der Waals surface area contributed by atoms with Gasteiger partial charge in [-0.25, -0.2) is 9.97 Å². The molecule has 0 saturated heterocycles. The topological polar surface area (TPSA) is 57.0 Å². The van der Waals surface area contributed by atoms with E-state index in [2.05, 4.69) is 50.5 Å². The third kappa shape index (κ3) is 4.61. The fraction of sp³-hybridized carbons (Fsp3) is 0.179. The SMILES string of the molecule is CC(C)c1cccc(C(C)C)c1-n1c(-c2cc3oc(-c4ccccc4)nc3c3c2oc2cc(C(F)(F)F)ccc23)nc2ccccc21. The number of nitrogens with zero attached hydrogens (tertiary/aromatic N) is 3. The highest BCUT2D eigenvalue weighted by molar-refractivity contribution is 6.20. The van der Waals surface area contributed by atoms with Crippen LogP contribution in [0.15, 0.2) is 106 Å². The van der Waals surface area contributed by atoms with E-state index in [1.54, 1.807) is 0 Å². The van der Waals surface area contributed by atoms with Crippen molar-refractivity contribution >= 4 is 44.1 Å². The number of fused-ring (bicyclic) bond motifs is 6. The zero-order valence-electron chi connectivity index (χ0n) is 26.2. The van der Waals surface area contributed by atoms with Gasteiger partial charge in [-0.1, -0.05) is 76.2 Å². The maximum Gasteiger partial charge on any atom is 0.416 e. The van der Waals surface area contributed by atoms with Crippen LogP contribution in [-0.2, 0) is 6.18 Å². The van der Waals surface area contributed by atoms with Gasteiger partial charge >= 0.3 is 6.18 Å². The summed E-state index contributed by atoms with van der Waals surface area (Å²) in [5.74, 6) is 1.41. The Morgan fingerprint density at radius 2 is 1.40 bits per heavy atom. The predicted octanol–water partition coefficient (Wildman–Crippen LogP) is 11.7. The number of aromatic nitrogens is 3. The monoisotopic (exact) mass is 629 g/mol. The van der Waals surface area contributed by atoms with Crippen LogP contribution in [-0.4, -0.2) is 14.5 Å². The van der Waals surface area contributed by atoms with E-state index in [-0.39, 0.29) is 17.4 Å². The van der Waals surface area contributed by atoms with Gasteiger partial charge in [-0.05, 0) is 71.5 Å². The molecule has 5 aromatic carbocycles. The number of halogens is 3. The molecule has 0 amide bonds. The molecule has 0 fully saturated rings. The molecule has 0 aliphatic rings. The minimum absolute atomic E-state index is 0.112. The van der Waals surface area contributed by atoms with E-state index in [1.165, 1.54) is 6.07 Å². The van der Waals surface area contributed by atoms with Crippen molar-refractivity contribution in [2.45, 2.75) is 45.7 Å². The second-order valence-corrected chi connectivity index (χ2v) is 12.5. The summed E-state index contributed by atoms with van der Waals surface area (Å²) in [6.45, 7) is 8.68. The molecule has 0 aliphatic heterocycles. The Morgan fingerprint density at radius 3 is 2.11 bits per heavy atom. The molecule has 0 spiro atoms. The highest BCUT2D eigenvalue weighted by Crippen LogP contribution is 2.45. The molecular weight excluding hydrogens is 599 g/mol. The molecule has 5 nitrogen and oxygen atoms in total. The predicted molar refractivity (Wildman–Crippen MR) is 180 cm³/mol. The van der Waals surface area contributed by atoms with Crippen LogP contribution in [0.2, 0.25) is 0 Å². The van der Waals surface area contributed by atoms with Crippen molar-refractivity contribution in [3.63, 3.8) is 0 Å². The number of benzene rings is 5. The molecule has 0 atom stereocenters. The van der Waals surface area contributed by atoms with Gasteiger partial charge in [0, 0.05) is 10.9 Å². The van der Waals surface area contributed by atoms with Crippen LogP contribution in [0.25, 0.3) is 72.6 Å². The van der Waals surface area contributed by atoms with Gasteiger partial charge in [0.05, 0.1) is 33.2 Å². The normalized spacial score (nSPS) is 12.5. The fourth-order valence-electron chi connectivity index (χ4n) is 6.58. The van der Waals surface area contributed by atoms with Crippen LogP contribution in [0.3, 0.4) is 0 Å². The molecule has 8 rings (SSSR count). The summed E-state index contributed by atoms with van der Waals surface area (Å²) in [6, 6.07) is 29.3. The lowest BCUT2D eigenvalue weighted by Gasteiger charge is -2.22. The van der Waals surface area contributed by atoms with Crippen LogP contribution >= 0.6 is 0 Å². The molecule has 8 aromatic rings. The third-order valence-electron chi connectivity index (χ3n) is 8.82. The van der Waals surface area contributed by atoms with Gasteiger partial charge in [0.15, 0.2) is 5.58 Å². The minimum atomic E-state index is -4.53. The number of alkyl halides is 3. The summed E-state index contributed by atoms with van der Waals surface area (Å²) in [5.41, 5.74) is 7.12. The van der Waals surface area contributed by atoms with Crippen molar-refractivity contribution < 1.29 is 22.0 Å². The molecule has 0 unspecified atom stereocenters. The molecule has 0 bridgehead atoms. The third-order valence-corrected chi connectivity index (χ3v) is 8.82. The van der Waals surface area contributed by atoms with Crippen LogP contribution in [0, 0.1) is 0 Å². The molecule has 0 N–H and O–H groups in total. The summed E-state index contributed by atoms with van der Waals surface area (Å²) in [4.78, 5) is 10.0. The molecule has 234 valence electrons. The zero-order valence-corrected chi connectivity index (χ0v) is 26.2. The Balaban J connectivity index is 1.53. The second kappa shape index (κ2) is 10.6. The quantitative estimate of drug-likeness (QED) is 0.190. The van der Waals surface area contributed by atoms with E-state index < -0.39 is 11.7 Å². The lowest BCUT2D eigenvalue weighted by molar-refractivity contribution is -0.137. The molecule has 0 aliphatic carbocycles. The van der Waals surface area contributed by atoms with Gasteiger partial charge in [0.25, 0.3) is 0 Å². The van der Waals surface area contributed by atoms with Crippen molar-refractivity contribution in [2.24, 2.45) is 0 Å². The van der Waals surface area contributed by atoms with Crippen LogP contribution in [0.4, 0.5) is 13.2 Å².